The van der Waals surface area contributed by atoms with Crippen LogP contribution in [0.2, 0.25) is 0 Å². The number of nitrogens with two attached hydrogens (primary N) is 2. The molecule has 0 spiro atoms. The van der Waals surface area contributed by atoms with E-state index < -0.39 is 17.8 Å². The third-order valence-electron chi connectivity index (χ3n) is 2.53. The Morgan fingerprint density at radius 2 is 2.24 bits per heavy atom. The molecule has 0 radical (unpaired) electrons. The first kappa shape index (κ1) is 11.2. The van der Waals surface area contributed by atoms with Crippen molar-refractivity contribution >= 4 is 23.7 Å². The van der Waals surface area contributed by atoms with E-state index >= 15 is 0 Å². The van der Waals surface area contributed by atoms with Crippen LogP contribution < -0.4 is 16.0 Å². The Morgan fingerprint density at radius 3 is 2.88 bits per heavy atom. The smallest absolute Gasteiger partial charge is 0.369 e. The second kappa shape index (κ2) is 3.95. The summed E-state index contributed by atoms with van der Waals surface area (Å²) in [7, 11) is 1.52. The van der Waals surface area contributed by atoms with Gasteiger partial charge in [-0.1, -0.05) is 0 Å². The Morgan fingerprint density at radius 1 is 1.53 bits per heavy atom. The molecule has 0 fully saturated rings. The normalized spacial score (nSPS) is 14.8. The van der Waals surface area contributed by atoms with Gasteiger partial charge in [0.25, 0.3) is 0 Å². The molecule has 0 saturated carbocycles. The van der Waals surface area contributed by atoms with E-state index in [1.807, 2.05) is 0 Å². The molecule has 7 heteroatoms. The van der Waals surface area contributed by atoms with Gasteiger partial charge in [-0.05, 0) is 11.6 Å². The Bertz CT molecular complexity index is 526. The molecule has 17 heavy (non-hydrogen) atoms. The molecular weight excluding hydrogens is 224 g/mol. The highest BCUT2D eigenvalue weighted by molar-refractivity contribution is 6.06. The third-order valence-corrected chi connectivity index (χ3v) is 2.53. The molecule has 88 valence electrons. The molecule has 1 aliphatic heterocycles. The first-order valence-electron chi connectivity index (χ1n) is 4.93. The minimum atomic E-state index is -0.536. The maximum atomic E-state index is 11.7. The van der Waals surface area contributed by atoms with E-state index in [1.165, 1.54) is 18.1 Å². The standard InChI is InChI=1S/C10H10N4O3/c1-14-8-7(9(16)13-10(14)17)5(2-3-12-8)4-6(11)15/h2-3H,4H2,1H3,(H2,11,15)(H,13,16,17)/p+1. The number of imide groups is 1. The quantitative estimate of drug-likeness (QED) is 0.642. The van der Waals surface area contributed by atoms with Crippen LogP contribution in [0.4, 0.5) is 10.6 Å². The Hall–Kier alpha value is -2.28. The molecule has 0 unspecified atom stereocenters. The van der Waals surface area contributed by atoms with Crippen molar-refractivity contribution in [1.82, 2.24) is 4.98 Å². The molecule has 2 rings (SSSR count). The zero-order chi connectivity index (χ0) is 12.6. The summed E-state index contributed by atoms with van der Waals surface area (Å²) in [6.45, 7) is 0. The topological polar surface area (TPSA) is 110 Å². The van der Waals surface area contributed by atoms with Crippen LogP contribution in [0, 0.1) is 0 Å². The largest absolute Gasteiger partial charge is 0.429 e. The van der Waals surface area contributed by atoms with Gasteiger partial charge in [0.15, 0.2) is 5.82 Å². The number of hydrogen-bond donors (Lipinski definition) is 2. The van der Waals surface area contributed by atoms with Gasteiger partial charge < -0.3 is 5.73 Å². The number of rotatable bonds is 2. The average Bonchev–Trinajstić information content (AvgIpc) is 2.25. The van der Waals surface area contributed by atoms with Crippen LogP contribution in [-0.4, -0.2) is 29.9 Å². The van der Waals surface area contributed by atoms with Crippen molar-refractivity contribution in [2.75, 3.05) is 11.9 Å². The van der Waals surface area contributed by atoms with E-state index in [4.69, 9.17) is 5.73 Å². The monoisotopic (exact) mass is 235 g/mol. The fraction of sp³-hybridized carbons (Fsp3) is 0.200. The molecule has 4 N–H and O–H groups in total. The van der Waals surface area contributed by atoms with Crippen LogP contribution in [0.5, 0.6) is 0 Å². The second-order valence-electron chi connectivity index (χ2n) is 3.72. The van der Waals surface area contributed by atoms with Crippen LogP contribution in [0.3, 0.4) is 0 Å². The first-order chi connectivity index (χ1) is 8.00. The first-order valence-corrected chi connectivity index (χ1v) is 4.93. The molecule has 7 nitrogen and oxygen atoms in total. The van der Waals surface area contributed by atoms with E-state index in [1.54, 1.807) is 6.07 Å². The number of carbonyl (C=O) groups excluding carboxylic acids is 3. The Balaban J connectivity index is 2.56. The molecule has 0 saturated heterocycles. The van der Waals surface area contributed by atoms with Gasteiger partial charge in [0.2, 0.25) is 5.91 Å². The number of primary amides is 3. The molecule has 0 aromatic carbocycles. The zero-order valence-corrected chi connectivity index (χ0v) is 9.14. The number of carbonyl (C=O) groups is 3. The lowest BCUT2D eigenvalue weighted by Gasteiger charge is -2.21. The number of pyridine rings is 1. The summed E-state index contributed by atoms with van der Waals surface area (Å²) >= 11 is 0. The number of nitrogens with zero attached hydrogens (tertiary/aromatic N) is 2. The van der Waals surface area contributed by atoms with Gasteiger partial charge in [0.05, 0.1) is 6.42 Å². The summed E-state index contributed by atoms with van der Waals surface area (Å²) in [5.41, 5.74) is 5.86. The molecular formula is C10H11N4O3+. The van der Waals surface area contributed by atoms with Crippen molar-refractivity contribution in [3.05, 3.63) is 23.4 Å². The van der Waals surface area contributed by atoms with Crippen LogP contribution in [0.15, 0.2) is 12.3 Å². The van der Waals surface area contributed by atoms with Crippen molar-refractivity contribution < 1.29 is 19.7 Å². The Kier molecular flexibility index (Phi) is 2.60. The molecule has 0 aliphatic carbocycles. The third kappa shape index (κ3) is 1.87. The molecule has 2 heterocycles. The lowest BCUT2D eigenvalue weighted by molar-refractivity contribution is -0.449. The number of hydrogen-bond acceptors (Lipinski definition) is 4. The van der Waals surface area contributed by atoms with Crippen molar-refractivity contribution in [3.8, 4) is 0 Å². The van der Waals surface area contributed by atoms with Crippen molar-refractivity contribution in [2.45, 2.75) is 6.42 Å². The maximum Gasteiger partial charge on any atom is 0.429 e. The maximum absolute atomic E-state index is 11.7. The van der Waals surface area contributed by atoms with Crippen molar-refractivity contribution in [2.24, 2.45) is 5.73 Å². The predicted octanol–water partition coefficient (Wildman–Crippen LogP) is -1.62. The number of aromatic nitrogens is 1. The van der Waals surface area contributed by atoms with Crippen molar-refractivity contribution in [3.63, 3.8) is 0 Å². The van der Waals surface area contributed by atoms with E-state index in [-0.39, 0.29) is 17.8 Å². The van der Waals surface area contributed by atoms with Gasteiger partial charge >= 0.3 is 11.9 Å². The van der Waals surface area contributed by atoms with Crippen molar-refractivity contribution in [1.29, 1.82) is 0 Å². The van der Waals surface area contributed by atoms with Gasteiger partial charge in [-0.15, -0.1) is 0 Å². The van der Waals surface area contributed by atoms with E-state index in [0.717, 1.165) is 5.32 Å². The highest BCUT2D eigenvalue weighted by atomic mass is 16.2. The highest BCUT2D eigenvalue weighted by Gasteiger charge is 2.35. The van der Waals surface area contributed by atoms with Crippen LogP contribution in [0.25, 0.3) is 0 Å². The number of amides is 4. The highest BCUT2D eigenvalue weighted by Crippen LogP contribution is 2.21. The van der Waals surface area contributed by atoms with Crippen LogP contribution >= 0.6 is 0 Å². The van der Waals surface area contributed by atoms with Gasteiger partial charge in [0, 0.05) is 13.2 Å². The fourth-order valence-corrected chi connectivity index (χ4v) is 1.73. The lowest BCUT2D eigenvalue weighted by atomic mass is 10.0. The van der Waals surface area contributed by atoms with E-state index in [9.17, 15) is 14.4 Å². The van der Waals surface area contributed by atoms with Gasteiger partial charge in [-0.25, -0.2) is 19.5 Å². The van der Waals surface area contributed by atoms with E-state index in [0.29, 0.717) is 5.56 Å². The van der Waals surface area contributed by atoms with Crippen LogP contribution in [0.1, 0.15) is 15.9 Å². The molecule has 1 aromatic rings. The summed E-state index contributed by atoms with van der Waals surface area (Å²) in [4.78, 5) is 39.3. The van der Waals surface area contributed by atoms with Crippen LogP contribution in [-0.2, 0) is 11.2 Å². The fourth-order valence-electron chi connectivity index (χ4n) is 1.73. The minimum absolute atomic E-state index is 0.0491. The Labute approximate surface area is 96.6 Å². The van der Waals surface area contributed by atoms with E-state index in [2.05, 4.69) is 4.98 Å². The molecule has 0 bridgehead atoms. The summed E-state index contributed by atoms with van der Waals surface area (Å²) in [5, 5.41) is 0.981. The summed E-state index contributed by atoms with van der Waals surface area (Å²) in [5.74, 6) is -0.709. The number of urea groups is 1. The summed E-state index contributed by atoms with van der Waals surface area (Å²) in [6.07, 6.45) is 1.39. The summed E-state index contributed by atoms with van der Waals surface area (Å²) in [6, 6.07) is 1.13. The van der Waals surface area contributed by atoms with Gasteiger partial charge in [-0.3, -0.25) is 4.79 Å². The number of fused-ring (bicyclic) bond motifs is 1. The number of anilines is 1. The van der Waals surface area contributed by atoms with Gasteiger partial charge in [-0.2, -0.15) is 5.32 Å². The summed E-state index contributed by atoms with van der Waals surface area (Å²) < 4.78 is 0. The molecule has 0 atom stereocenters. The minimum Gasteiger partial charge on any atom is -0.369 e. The van der Waals surface area contributed by atoms with Gasteiger partial charge in [0.1, 0.15) is 5.56 Å². The molecule has 1 aliphatic rings. The second-order valence-corrected chi connectivity index (χ2v) is 3.72. The SMILES string of the molecule is CN1C(=O)[NH2+]C(=O)c2c(CC(N)=O)ccnc21. The molecule has 1 aromatic heterocycles. The predicted molar refractivity (Wildman–Crippen MR) is 57.2 cm³/mol. The number of quaternary nitrogens is 1. The lowest BCUT2D eigenvalue weighted by Crippen LogP contribution is -2.95. The average molecular weight is 235 g/mol. The zero-order valence-electron chi connectivity index (χ0n) is 9.14. The molecule has 4 amide bonds.